The predicted molar refractivity (Wildman–Crippen MR) is 107 cm³/mol. The smallest absolute Gasteiger partial charge is 0.248 e. The zero-order valence-electron chi connectivity index (χ0n) is 15.9. The molecule has 0 bridgehead atoms. The molecule has 0 spiro atoms. The highest BCUT2D eigenvalue weighted by Crippen LogP contribution is 2.36. The zero-order valence-corrected chi connectivity index (χ0v) is 16.8. The SMILES string of the molecule is Cc1sc2nc(C[NH+]3CCOCC3)nc(Oc3ccc(C(N)=O)cc3)c2c1C. The second-order valence-corrected chi connectivity index (χ2v) is 8.14. The van der Waals surface area contributed by atoms with Gasteiger partial charge in [0.25, 0.3) is 0 Å². The fourth-order valence-corrected chi connectivity index (χ4v) is 4.31. The number of hydrogen-bond acceptors (Lipinski definition) is 6. The number of carbonyl (C=O) groups is 1. The Balaban J connectivity index is 1.68. The Labute approximate surface area is 167 Å². The fraction of sp³-hybridized carbons (Fsp3) is 0.350. The summed E-state index contributed by atoms with van der Waals surface area (Å²) in [7, 11) is 0. The van der Waals surface area contributed by atoms with Gasteiger partial charge in [-0.3, -0.25) is 4.79 Å². The van der Waals surface area contributed by atoms with Gasteiger partial charge in [-0.05, 0) is 43.7 Å². The minimum atomic E-state index is -0.462. The van der Waals surface area contributed by atoms with E-state index in [4.69, 9.17) is 25.2 Å². The number of thiophene rings is 1. The molecule has 1 saturated heterocycles. The first-order valence-electron chi connectivity index (χ1n) is 9.27. The number of primary amides is 1. The number of amides is 1. The van der Waals surface area contributed by atoms with Crippen molar-refractivity contribution < 1.29 is 19.2 Å². The van der Waals surface area contributed by atoms with E-state index < -0.39 is 5.91 Å². The molecule has 1 aromatic carbocycles. The maximum atomic E-state index is 11.3. The number of nitrogens with zero attached hydrogens (tertiary/aromatic N) is 2. The van der Waals surface area contributed by atoms with Crippen LogP contribution < -0.4 is 15.4 Å². The number of aryl methyl sites for hydroxylation is 2. The number of fused-ring (bicyclic) bond motifs is 1. The van der Waals surface area contributed by atoms with Gasteiger partial charge in [0.05, 0.1) is 18.6 Å². The van der Waals surface area contributed by atoms with Crippen LogP contribution in [0.3, 0.4) is 0 Å². The summed E-state index contributed by atoms with van der Waals surface area (Å²) in [6.45, 7) is 8.33. The summed E-state index contributed by atoms with van der Waals surface area (Å²) in [6.07, 6.45) is 0. The minimum absolute atomic E-state index is 0.444. The third kappa shape index (κ3) is 3.84. The third-order valence-corrected chi connectivity index (χ3v) is 6.10. The van der Waals surface area contributed by atoms with Gasteiger partial charge in [-0.2, -0.15) is 4.98 Å². The lowest BCUT2D eigenvalue weighted by molar-refractivity contribution is -0.922. The number of quaternary nitrogens is 1. The van der Waals surface area contributed by atoms with E-state index in [0.29, 0.717) is 17.2 Å². The lowest BCUT2D eigenvalue weighted by atomic mass is 10.2. The lowest BCUT2D eigenvalue weighted by Gasteiger charge is -2.23. The molecule has 0 atom stereocenters. The molecule has 1 aliphatic heterocycles. The Morgan fingerprint density at radius 1 is 1.21 bits per heavy atom. The number of aromatic nitrogens is 2. The second-order valence-electron chi connectivity index (χ2n) is 6.94. The van der Waals surface area contributed by atoms with Crippen molar-refractivity contribution >= 4 is 27.5 Å². The van der Waals surface area contributed by atoms with E-state index in [-0.39, 0.29) is 0 Å². The van der Waals surface area contributed by atoms with Crippen LogP contribution in [0, 0.1) is 13.8 Å². The second kappa shape index (κ2) is 7.83. The largest absolute Gasteiger partial charge is 0.438 e. The van der Waals surface area contributed by atoms with E-state index in [1.54, 1.807) is 35.6 Å². The Hall–Kier alpha value is -2.55. The molecule has 3 aromatic rings. The Morgan fingerprint density at radius 3 is 2.61 bits per heavy atom. The lowest BCUT2D eigenvalue weighted by Crippen LogP contribution is -3.12. The van der Waals surface area contributed by atoms with Crippen molar-refractivity contribution in [1.82, 2.24) is 9.97 Å². The van der Waals surface area contributed by atoms with E-state index in [1.165, 1.54) is 9.78 Å². The maximum Gasteiger partial charge on any atom is 0.248 e. The molecule has 1 aliphatic rings. The van der Waals surface area contributed by atoms with E-state index in [1.807, 2.05) is 0 Å². The zero-order chi connectivity index (χ0) is 19.7. The number of benzene rings is 1. The number of carbonyl (C=O) groups excluding carboxylic acids is 1. The highest BCUT2D eigenvalue weighted by molar-refractivity contribution is 7.18. The molecular weight excluding hydrogens is 376 g/mol. The summed E-state index contributed by atoms with van der Waals surface area (Å²) >= 11 is 1.66. The maximum absolute atomic E-state index is 11.3. The first kappa shape index (κ1) is 18.8. The Kier molecular flexibility index (Phi) is 5.25. The third-order valence-electron chi connectivity index (χ3n) is 5.00. The quantitative estimate of drug-likeness (QED) is 0.680. The van der Waals surface area contributed by atoms with Crippen molar-refractivity contribution in [2.45, 2.75) is 20.4 Å². The van der Waals surface area contributed by atoms with Gasteiger partial charge < -0.3 is 20.1 Å². The monoisotopic (exact) mass is 399 g/mol. The summed E-state index contributed by atoms with van der Waals surface area (Å²) < 4.78 is 11.6. The molecule has 2 aromatic heterocycles. The van der Waals surface area contributed by atoms with Crippen LogP contribution in [-0.2, 0) is 11.3 Å². The van der Waals surface area contributed by atoms with Gasteiger partial charge >= 0.3 is 0 Å². The molecular formula is C20H23N4O3S+. The number of ether oxygens (including phenoxy) is 2. The number of rotatable bonds is 5. The number of morpholine rings is 1. The first-order chi connectivity index (χ1) is 13.5. The molecule has 1 fully saturated rings. The average molecular weight is 399 g/mol. The Bertz CT molecular complexity index is 1010. The van der Waals surface area contributed by atoms with Crippen molar-refractivity contribution in [1.29, 1.82) is 0 Å². The van der Waals surface area contributed by atoms with E-state index >= 15 is 0 Å². The molecule has 28 heavy (non-hydrogen) atoms. The van der Waals surface area contributed by atoms with E-state index in [0.717, 1.165) is 54.5 Å². The number of nitrogens with one attached hydrogen (secondary N) is 1. The van der Waals surface area contributed by atoms with Crippen LogP contribution in [0.15, 0.2) is 24.3 Å². The van der Waals surface area contributed by atoms with Gasteiger partial charge in [-0.1, -0.05) is 0 Å². The number of nitrogens with two attached hydrogens (primary N) is 1. The van der Waals surface area contributed by atoms with Crippen LogP contribution in [-0.4, -0.2) is 42.2 Å². The predicted octanol–water partition coefficient (Wildman–Crippen LogP) is 1.61. The van der Waals surface area contributed by atoms with Crippen LogP contribution in [0.4, 0.5) is 0 Å². The Morgan fingerprint density at radius 2 is 1.93 bits per heavy atom. The van der Waals surface area contributed by atoms with Gasteiger partial charge in [0, 0.05) is 10.4 Å². The molecule has 1 amide bonds. The first-order valence-corrected chi connectivity index (χ1v) is 10.1. The van der Waals surface area contributed by atoms with Crippen molar-refractivity contribution in [3.8, 4) is 11.6 Å². The van der Waals surface area contributed by atoms with Crippen molar-refractivity contribution in [2.75, 3.05) is 26.3 Å². The minimum Gasteiger partial charge on any atom is -0.438 e. The van der Waals surface area contributed by atoms with Crippen LogP contribution in [0.25, 0.3) is 10.2 Å². The van der Waals surface area contributed by atoms with E-state index in [9.17, 15) is 4.79 Å². The van der Waals surface area contributed by atoms with Crippen LogP contribution in [0.1, 0.15) is 26.6 Å². The molecule has 7 nitrogen and oxygen atoms in total. The normalized spacial score (nSPS) is 15.1. The van der Waals surface area contributed by atoms with Crippen molar-refractivity contribution in [3.63, 3.8) is 0 Å². The van der Waals surface area contributed by atoms with Gasteiger partial charge in [0.1, 0.15) is 30.2 Å². The molecule has 0 radical (unpaired) electrons. The molecule has 3 N–H and O–H groups in total. The highest BCUT2D eigenvalue weighted by atomic mass is 32.1. The number of hydrogen-bond donors (Lipinski definition) is 2. The molecule has 8 heteroatoms. The van der Waals surface area contributed by atoms with Gasteiger partial charge in [0.15, 0.2) is 5.82 Å². The molecule has 0 aliphatic carbocycles. The summed E-state index contributed by atoms with van der Waals surface area (Å²) in [6, 6.07) is 6.77. The highest BCUT2D eigenvalue weighted by Gasteiger charge is 2.20. The summed E-state index contributed by atoms with van der Waals surface area (Å²) in [4.78, 5) is 24.4. The summed E-state index contributed by atoms with van der Waals surface area (Å²) in [5, 5.41) is 0.946. The molecule has 0 unspecified atom stereocenters. The summed E-state index contributed by atoms with van der Waals surface area (Å²) in [5.41, 5.74) is 6.89. The standard InChI is InChI=1S/C20H22N4O3S/c1-12-13(2)28-20-17(12)19(27-15-5-3-14(4-6-15)18(21)25)22-16(23-20)11-24-7-9-26-10-8-24/h3-6H,7-11H2,1-2H3,(H2,21,25)/p+1. The topological polar surface area (TPSA) is 91.8 Å². The molecule has 3 heterocycles. The average Bonchev–Trinajstić information content (AvgIpc) is 2.97. The molecule has 0 saturated carbocycles. The van der Waals surface area contributed by atoms with Crippen LogP contribution in [0.5, 0.6) is 11.6 Å². The van der Waals surface area contributed by atoms with Crippen molar-refractivity contribution in [2.24, 2.45) is 5.73 Å². The summed E-state index contributed by atoms with van der Waals surface area (Å²) in [5.74, 6) is 1.48. The van der Waals surface area contributed by atoms with Gasteiger partial charge in [-0.15, -0.1) is 11.3 Å². The van der Waals surface area contributed by atoms with Gasteiger partial charge in [0.2, 0.25) is 11.8 Å². The van der Waals surface area contributed by atoms with Crippen LogP contribution >= 0.6 is 11.3 Å². The van der Waals surface area contributed by atoms with Crippen molar-refractivity contribution in [3.05, 3.63) is 46.1 Å². The fourth-order valence-electron chi connectivity index (χ4n) is 3.27. The van der Waals surface area contributed by atoms with Crippen LogP contribution in [0.2, 0.25) is 0 Å². The van der Waals surface area contributed by atoms with Gasteiger partial charge in [-0.25, -0.2) is 4.98 Å². The van der Waals surface area contributed by atoms with E-state index in [2.05, 4.69) is 13.8 Å². The molecule has 4 rings (SSSR count). The molecule has 146 valence electrons.